The minimum absolute atomic E-state index is 0.105. The van der Waals surface area contributed by atoms with Crippen LogP contribution >= 0.6 is 0 Å². The molecule has 0 aliphatic carbocycles. The van der Waals surface area contributed by atoms with Crippen molar-refractivity contribution in [2.24, 2.45) is 0 Å². The molecule has 0 radical (unpaired) electrons. The molecule has 0 fully saturated rings. The van der Waals surface area contributed by atoms with E-state index in [2.05, 4.69) is 15.2 Å². The van der Waals surface area contributed by atoms with Gasteiger partial charge < -0.3 is 10.1 Å². The van der Waals surface area contributed by atoms with Gasteiger partial charge in [-0.1, -0.05) is 6.07 Å². The van der Waals surface area contributed by atoms with Crippen molar-refractivity contribution in [1.29, 1.82) is 0 Å². The zero-order valence-corrected chi connectivity index (χ0v) is 11.5. The molecular formula is C13H10F5N3O2. The molecule has 2 rings (SSSR count). The Labute approximate surface area is 126 Å². The van der Waals surface area contributed by atoms with Crippen molar-refractivity contribution in [3.05, 3.63) is 41.2 Å². The van der Waals surface area contributed by atoms with E-state index >= 15 is 0 Å². The maximum atomic E-state index is 12.4. The number of nitrogens with zero attached hydrogens (tertiary/aromatic N) is 1. The number of hydrogen-bond donors (Lipinski definition) is 2. The van der Waals surface area contributed by atoms with Crippen molar-refractivity contribution in [2.75, 3.05) is 5.32 Å². The van der Waals surface area contributed by atoms with E-state index in [4.69, 9.17) is 0 Å². The standard InChI is InChI=1S/C13H10F5N3O2/c1-6-2-3-9(23-12(14)15)7(4-6)19-11(22)8-5-10(21-20-8)13(16,17)18/h2-5,12H,1H3,(H,19,22)(H,20,21). The second-order valence-corrected chi connectivity index (χ2v) is 4.50. The SMILES string of the molecule is Cc1ccc(OC(F)F)c(NC(=O)c2cc(C(F)(F)F)[nH]n2)c1. The van der Waals surface area contributed by atoms with Crippen molar-refractivity contribution < 1.29 is 31.5 Å². The van der Waals surface area contributed by atoms with Gasteiger partial charge in [-0.15, -0.1) is 0 Å². The Kier molecular flexibility index (Phi) is 4.52. The van der Waals surface area contributed by atoms with Crippen LogP contribution in [0.4, 0.5) is 27.6 Å². The molecule has 1 amide bonds. The molecule has 1 aromatic carbocycles. The Balaban J connectivity index is 2.23. The van der Waals surface area contributed by atoms with E-state index in [1.54, 1.807) is 12.0 Å². The maximum Gasteiger partial charge on any atom is 0.432 e. The lowest BCUT2D eigenvalue weighted by Crippen LogP contribution is -2.14. The minimum Gasteiger partial charge on any atom is -0.433 e. The van der Waals surface area contributed by atoms with E-state index in [-0.39, 0.29) is 11.4 Å². The maximum absolute atomic E-state index is 12.4. The molecular weight excluding hydrogens is 325 g/mol. The molecule has 0 atom stereocenters. The molecule has 0 saturated carbocycles. The van der Waals surface area contributed by atoms with Crippen LogP contribution in [-0.4, -0.2) is 22.7 Å². The molecule has 2 aromatic rings. The summed E-state index contributed by atoms with van der Waals surface area (Å²) < 4.78 is 66.2. The summed E-state index contributed by atoms with van der Waals surface area (Å²) in [4.78, 5) is 11.9. The van der Waals surface area contributed by atoms with E-state index in [0.717, 1.165) is 0 Å². The lowest BCUT2D eigenvalue weighted by atomic mass is 10.2. The summed E-state index contributed by atoms with van der Waals surface area (Å²) in [6.07, 6.45) is -4.68. The highest BCUT2D eigenvalue weighted by Crippen LogP contribution is 2.29. The summed E-state index contributed by atoms with van der Waals surface area (Å²) in [6, 6.07) is 4.54. The first-order valence-corrected chi connectivity index (χ1v) is 6.16. The summed E-state index contributed by atoms with van der Waals surface area (Å²) in [7, 11) is 0. The van der Waals surface area contributed by atoms with E-state index < -0.39 is 30.1 Å². The molecule has 0 spiro atoms. The molecule has 124 valence electrons. The molecule has 1 heterocycles. The average Bonchev–Trinajstić information content (AvgIpc) is 2.91. The number of carbonyl (C=O) groups excluding carboxylic acids is 1. The van der Waals surface area contributed by atoms with Crippen LogP contribution in [0.25, 0.3) is 0 Å². The van der Waals surface area contributed by atoms with Crippen LogP contribution in [0.5, 0.6) is 5.75 Å². The smallest absolute Gasteiger partial charge is 0.432 e. The van der Waals surface area contributed by atoms with E-state index in [1.165, 1.54) is 18.2 Å². The predicted octanol–water partition coefficient (Wildman–Crippen LogP) is 3.59. The summed E-state index contributed by atoms with van der Waals surface area (Å²) in [5, 5.41) is 7.12. The summed E-state index contributed by atoms with van der Waals surface area (Å²) >= 11 is 0. The van der Waals surface area contributed by atoms with E-state index in [0.29, 0.717) is 11.6 Å². The number of rotatable bonds is 4. The highest BCUT2D eigenvalue weighted by molar-refractivity contribution is 6.03. The fourth-order valence-corrected chi connectivity index (χ4v) is 1.71. The Bertz CT molecular complexity index is 712. The second-order valence-electron chi connectivity index (χ2n) is 4.50. The zero-order valence-electron chi connectivity index (χ0n) is 11.5. The molecule has 1 aromatic heterocycles. The van der Waals surface area contributed by atoms with Crippen molar-refractivity contribution in [3.8, 4) is 5.75 Å². The van der Waals surface area contributed by atoms with Gasteiger partial charge >= 0.3 is 12.8 Å². The molecule has 23 heavy (non-hydrogen) atoms. The largest absolute Gasteiger partial charge is 0.433 e. The lowest BCUT2D eigenvalue weighted by Gasteiger charge is -2.12. The van der Waals surface area contributed by atoms with Crippen LogP contribution in [0.3, 0.4) is 0 Å². The molecule has 0 unspecified atom stereocenters. The molecule has 10 heteroatoms. The van der Waals surface area contributed by atoms with Crippen molar-refractivity contribution in [2.45, 2.75) is 19.7 Å². The first kappa shape index (κ1) is 16.7. The van der Waals surface area contributed by atoms with Crippen LogP contribution in [-0.2, 0) is 6.18 Å². The number of hydrogen-bond acceptors (Lipinski definition) is 3. The molecule has 0 aliphatic heterocycles. The van der Waals surface area contributed by atoms with Gasteiger partial charge in [-0.05, 0) is 24.6 Å². The van der Waals surface area contributed by atoms with Crippen LogP contribution < -0.4 is 10.1 Å². The van der Waals surface area contributed by atoms with Gasteiger partial charge in [0.25, 0.3) is 5.91 Å². The van der Waals surface area contributed by atoms with E-state index in [1.807, 2.05) is 0 Å². The molecule has 0 bridgehead atoms. The van der Waals surface area contributed by atoms with Crippen molar-refractivity contribution >= 4 is 11.6 Å². The molecule has 0 aliphatic rings. The third-order valence-corrected chi connectivity index (χ3v) is 2.72. The number of nitrogens with one attached hydrogen (secondary N) is 2. The monoisotopic (exact) mass is 335 g/mol. The van der Waals surface area contributed by atoms with Crippen molar-refractivity contribution in [3.63, 3.8) is 0 Å². The number of aromatic nitrogens is 2. The molecule has 2 N–H and O–H groups in total. The second kappa shape index (κ2) is 6.23. The summed E-state index contributed by atoms with van der Waals surface area (Å²) in [6.45, 7) is -1.48. The van der Waals surface area contributed by atoms with Crippen molar-refractivity contribution in [1.82, 2.24) is 10.2 Å². The third-order valence-electron chi connectivity index (χ3n) is 2.72. The number of anilines is 1. The van der Waals surface area contributed by atoms with Crippen LogP contribution in [0.15, 0.2) is 24.3 Å². The zero-order chi connectivity index (χ0) is 17.2. The first-order chi connectivity index (χ1) is 10.7. The number of halogens is 5. The van der Waals surface area contributed by atoms with Gasteiger partial charge in [0.15, 0.2) is 5.69 Å². The van der Waals surface area contributed by atoms with Crippen LogP contribution in [0.2, 0.25) is 0 Å². The number of alkyl halides is 5. The topological polar surface area (TPSA) is 67.0 Å². The number of aryl methyl sites for hydroxylation is 1. The van der Waals surface area contributed by atoms with Crippen LogP contribution in [0, 0.1) is 6.92 Å². The minimum atomic E-state index is -4.68. The first-order valence-electron chi connectivity index (χ1n) is 6.16. The Morgan fingerprint density at radius 1 is 1.30 bits per heavy atom. The Morgan fingerprint density at radius 3 is 2.57 bits per heavy atom. The predicted molar refractivity (Wildman–Crippen MR) is 69.4 cm³/mol. The normalized spacial score (nSPS) is 11.6. The van der Waals surface area contributed by atoms with Gasteiger partial charge in [0.1, 0.15) is 11.4 Å². The van der Waals surface area contributed by atoms with Crippen LogP contribution in [0.1, 0.15) is 21.7 Å². The Morgan fingerprint density at radius 2 is 2.00 bits per heavy atom. The quantitative estimate of drug-likeness (QED) is 0.839. The highest BCUT2D eigenvalue weighted by atomic mass is 19.4. The summed E-state index contributed by atoms with van der Waals surface area (Å²) in [5.74, 6) is -1.31. The molecule has 5 nitrogen and oxygen atoms in total. The highest BCUT2D eigenvalue weighted by Gasteiger charge is 2.33. The summed E-state index contributed by atoms with van der Waals surface area (Å²) in [5.41, 5.74) is -1.22. The fourth-order valence-electron chi connectivity index (χ4n) is 1.71. The molecule has 0 saturated heterocycles. The number of aromatic amines is 1. The number of carbonyl (C=O) groups is 1. The number of benzene rings is 1. The van der Waals surface area contributed by atoms with Gasteiger partial charge in [-0.2, -0.15) is 27.1 Å². The number of ether oxygens (including phenoxy) is 1. The van der Waals surface area contributed by atoms with Gasteiger partial charge in [-0.25, -0.2) is 0 Å². The number of H-pyrrole nitrogens is 1. The van der Waals surface area contributed by atoms with E-state index in [9.17, 15) is 26.7 Å². The lowest BCUT2D eigenvalue weighted by molar-refractivity contribution is -0.141. The fraction of sp³-hybridized carbons (Fsp3) is 0.231. The van der Waals surface area contributed by atoms with Gasteiger partial charge in [-0.3, -0.25) is 9.89 Å². The van der Waals surface area contributed by atoms with Gasteiger partial charge in [0.2, 0.25) is 0 Å². The average molecular weight is 335 g/mol. The van der Waals surface area contributed by atoms with Gasteiger partial charge in [0, 0.05) is 6.07 Å². The third kappa shape index (κ3) is 4.18. The Hall–Kier alpha value is -2.65. The number of amides is 1. The van der Waals surface area contributed by atoms with Gasteiger partial charge in [0.05, 0.1) is 5.69 Å².